The van der Waals surface area contributed by atoms with Gasteiger partial charge in [0.25, 0.3) is 0 Å². The molecule has 1 rings (SSSR count). The Bertz CT molecular complexity index is 337. The van der Waals surface area contributed by atoms with E-state index in [2.05, 4.69) is 10.1 Å². The second-order valence-corrected chi connectivity index (χ2v) is 2.82. The van der Waals surface area contributed by atoms with Gasteiger partial charge in [-0.3, -0.25) is 0 Å². The first-order valence-corrected chi connectivity index (χ1v) is 4.32. The molecule has 0 aliphatic rings. The summed E-state index contributed by atoms with van der Waals surface area (Å²) >= 11 is 0. The van der Waals surface area contributed by atoms with Crippen LogP contribution in [0.5, 0.6) is 0 Å². The van der Waals surface area contributed by atoms with Crippen molar-refractivity contribution in [2.24, 2.45) is 5.73 Å². The average Bonchev–Trinajstić information content (AvgIpc) is 2.26. The third-order valence-electron chi connectivity index (χ3n) is 2.02. The Balaban J connectivity index is 3.07. The Morgan fingerprint density at radius 2 is 2.29 bits per heavy atom. The molecule has 0 aromatic heterocycles. The monoisotopic (exact) mass is 194 g/mol. The van der Waals surface area contributed by atoms with Gasteiger partial charge in [-0.1, -0.05) is 0 Å². The third-order valence-corrected chi connectivity index (χ3v) is 2.02. The molecule has 4 nitrogen and oxygen atoms in total. The highest BCUT2D eigenvalue weighted by molar-refractivity contribution is 5.90. The summed E-state index contributed by atoms with van der Waals surface area (Å²) in [5.41, 5.74) is 7.89. The van der Waals surface area contributed by atoms with Crippen LogP contribution in [0.1, 0.15) is 15.9 Å². The smallest absolute Gasteiger partial charge is 0.337 e. The standard InChI is InChI=1S/C10H14N2O2/c1-12-9-4-3-7(10(13)14-2)5-8(9)6-11/h3-5,12H,6,11H2,1-2H3. The topological polar surface area (TPSA) is 64.3 Å². The predicted octanol–water partition coefficient (Wildman–Crippen LogP) is 0.974. The zero-order chi connectivity index (χ0) is 10.6. The quantitative estimate of drug-likeness (QED) is 0.704. The number of hydrogen-bond donors (Lipinski definition) is 2. The molecular weight excluding hydrogens is 180 g/mol. The van der Waals surface area contributed by atoms with Crippen molar-refractivity contribution >= 4 is 11.7 Å². The summed E-state index contributed by atoms with van der Waals surface area (Å²) < 4.78 is 4.61. The molecule has 0 fully saturated rings. The lowest BCUT2D eigenvalue weighted by Crippen LogP contribution is -2.06. The van der Waals surface area contributed by atoms with Gasteiger partial charge in [0.1, 0.15) is 0 Å². The number of hydrogen-bond acceptors (Lipinski definition) is 4. The molecule has 76 valence electrons. The maximum atomic E-state index is 11.2. The van der Waals surface area contributed by atoms with Crippen molar-refractivity contribution in [2.75, 3.05) is 19.5 Å². The van der Waals surface area contributed by atoms with Crippen LogP contribution in [-0.2, 0) is 11.3 Å². The van der Waals surface area contributed by atoms with E-state index in [4.69, 9.17) is 5.73 Å². The molecule has 0 amide bonds. The Kier molecular flexibility index (Phi) is 3.48. The van der Waals surface area contributed by atoms with Crippen LogP contribution in [0, 0.1) is 0 Å². The summed E-state index contributed by atoms with van der Waals surface area (Å²) in [5, 5.41) is 3.00. The van der Waals surface area contributed by atoms with Crippen LogP contribution >= 0.6 is 0 Å². The molecule has 0 radical (unpaired) electrons. The van der Waals surface area contributed by atoms with Gasteiger partial charge in [0.2, 0.25) is 0 Å². The van der Waals surface area contributed by atoms with Gasteiger partial charge in [-0.25, -0.2) is 4.79 Å². The van der Waals surface area contributed by atoms with E-state index < -0.39 is 0 Å². The molecule has 3 N–H and O–H groups in total. The fourth-order valence-electron chi connectivity index (χ4n) is 1.25. The van der Waals surface area contributed by atoms with Gasteiger partial charge in [0, 0.05) is 19.3 Å². The fourth-order valence-corrected chi connectivity index (χ4v) is 1.25. The largest absolute Gasteiger partial charge is 0.465 e. The first-order valence-electron chi connectivity index (χ1n) is 4.32. The summed E-state index contributed by atoms with van der Waals surface area (Å²) in [5.74, 6) is -0.345. The molecule has 0 saturated heterocycles. The molecule has 0 heterocycles. The van der Waals surface area contributed by atoms with Gasteiger partial charge >= 0.3 is 5.97 Å². The number of nitrogens with one attached hydrogen (secondary N) is 1. The maximum Gasteiger partial charge on any atom is 0.337 e. The van der Waals surface area contributed by atoms with Crippen LogP contribution in [0.2, 0.25) is 0 Å². The summed E-state index contributed by atoms with van der Waals surface area (Å²) in [4.78, 5) is 11.2. The summed E-state index contributed by atoms with van der Waals surface area (Å²) in [6.45, 7) is 0.390. The van der Waals surface area contributed by atoms with Crippen molar-refractivity contribution in [3.8, 4) is 0 Å². The number of esters is 1. The van der Waals surface area contributed by atoms with Gasteiger partial charge < -0.3 is 15.8 Å². The van der Waals surface area contributed by atoms with E-state index in [-0.39, 0.29) is 5.97 Å². The zero-order valence-electron chi connectivity index (χ0n) is 8.33. The van der Waals surface area contributed by atoms with Crippen molar-refractivity contribution in [2.45, 2.75) is 6.54 Å². The van der Waals surface area contributed by atoms with Gasteiger partial charge in [-0.15, -0.1) is 0 Å². The van der Waals surface area contributed by atoms with Gasteiger partial charge in [0.05, 0.1) is 12.7 Å². The van der Waals surface area contributed by atoms with Crippen molar-refractivity contribution in [1.82, 2.24) is 0 Å². The van der Waals surface area contributed by atoms with E-state index in [0.717, 1.165) is 11.3 Å². The minimum atomic E-state index is -0.345. The van der Waals surface area contributed by atoms with E-state index in [9.17, 15) is 4.79 Å². The Morgan fingerprint density at radius 1 is 1.57 bits per heavy atom. The van der Waals surface area contributed by atoms with Crippen LogP contribution in [0.25, 0.3) is 0 Å². The minimum absolute atomic E-state index is 0.345. The number of benzene rings is 1. The number of carbonyl (C=O) groups excluding carboxylic acids is 1. The lowest BCUT2D eigenvalue weighted by atomic mass is 10.1. The molecular formula is C10H14N2O2. The van der Waals surface area contributed by atoms with Crippen LogP contribution < -0.4 is 11.1 Å². The minimum Gasteiger partial charge on any atom is -0.465 e. The van der Waals surface area contributed by atoms with Gasteiger partial charge in [0.15, 0.2) is 0 Å². The zero-order valence-corrected chi connectivity index (χ0v) is 8.33. The summed E-state index contributed by atoms with van der Waals surface area (Å²) in [7, 11) is 3.17. The molecule has 0 aliphatic carbocycles. The van der Waals surface area contributed by atoms with E-state index in [1.54, 1.807) is 12.1 Å². The molecule has 0 bridgehead atoms. The molecule has 0 unspecified atom stereocenters. The third kappa shape index (κ3) is 2.03. The first-order chi connectivity index (χ1) is 6.72. The Morgan fingerprint density at radius 3 is 2.79 bits per heavy atom. The lowest BCUT2D eigenvalue weighted by Gasteiger charge is -2.08. The maximum absolute atomic E-state index is 11.2. The number of methoxy groups -OCH3 is 1. The molecule has 14 heavy (non-hydrogen) atoms. The van der Waals surface area contributed by atoms with Gasteiger partial charge in [-0.2, -0.15) is 0 Å². The van der Waals surface area contributed by atoms with E-state index >= 15 is 0 Å². The molecule has 0 spiro atoms. The predicted molar refractivity (Wildman–Crippen MR) is 55.2 cm³/mol. The van der Waals surface area contributed by atoms with Crippen molar-refractivity contribution in [3.05, 3.63) is 29.3 Å². The number of nitrogens with two attached hydrogens (primary N) is 1. The van der Waals surface area contributed by atoms with Gasteiger partial charge in [-0.05, 0) is 23.8 Å². The first kappa shape index (κ1) is 10.5. The number of carbonyl (C=O) groups is 1. The van der Waals surface area contributed by atoms with E-state index in [0.29, 0.717) is 12.1 Å². The second-order valence-electron chi connectivity index (χ2n) is 2.82. The van der Waals surface area contributed by atoms with E-state index in [1.165, 1.54) is 7.11 Å². The number of anilines is 1. The number of ether oxygens (including phenoxy) is 1. The van der Waals surface area contributed by atoms with Crippen LogP contribution in [-0.4, -0.2) is 20.1 Å². The Labute approximate surface area is 83.1 Å². The SMILES string of the molecule is CNc1ccc(C(=O)OC)cc1CN. The van der Waals surface area contributed by atoms with Crippen molar-refractivity contribution in [1.29, 1.82) is 0 Å². The van der Waals surface area contributed by atoms with Crippen molar-refractivity contribution in [3.63, 3.8) is 0 Å². The summed E-state index contributed by atoms with van der Waals surface area (Å²) in [6.07, 6.45) is 0. The number of rotatable bonds is 3. The molecule has 0 atom stereocenters. The molecule has 1 aromatic carbocycles. The molecule has 0 saturated carbocycles. The average molecular weight is 194 g/mol. The van der Waals surface area contributed by atoms with Crippen molar-refractivity contribution < 1.29 is 9.53 Å². The molecule has 1 aromatic rings. The lowest BCUT2D eigenvalue weighted by molar-refractivity contribution is 0.0600. The van der Waals surface area contributed by atoms with Crippen LogP contribution in [0.4, 0.5) is 5.69 Å². The Hall–Kier alpha value is -1.55. The highest BCUT2D eigenvalue weighted by Gasteiger charge is 2.07. The fraction of sp³-hybridized carbons (Fsp3) is 0.300. The second kappa shape index (κ2) is 4.62. The normalized spacial score (nSPS) is 9.64. The molecule has 4 heteroatoms. The molecule has 0 aliphatic heterocycles. The van der Waals surface area contributed by atoms with Crippen LogP contribution in [0.15, 0.2) is 18.2 Å². The summed E-state index contributed by atoms with van der Waals surface area (Å²) in [6, 6.07) is 5.25. The van der Waals surface area contributed by atoms with Crippen LogP contribution in [0.3, 0.4) is 0 Å². The highest BCUT2D eigenvalue weighted by Crippen LogP contribution is 2.16. The van der Waals surface area contributed by atoms with E-state index in [1.807, 2.05) is 13.1 Å². The highest BCUT2D eigenvalue weighted by atomic mass is 16.5.